The number of hydrogen-bond donors (Lipinski definition) is 2. The molecular weight excluding hydrogens is 434 g/mol. The van der Waals surface area contributed by atoms with Gasteiger partial charge in [-0.1, -0.05) is 12.1 Å². The molecule has 2 rings (SSSR count). The van der Waals surface area contributed by atoms with E-state index in [0.717, 1.165) is 10.1 Å². The highest BCUT2D eigenvalue weighted by molar-refractivity contribution is 14.0. The summed E-state index contributed by atoms with van der Waals surface area (Å²) in [7, 11) is 0. The van der Waals surface area contributed by atoms with Crippen LogP contribution < -0.4 is 10.6 Å². The molecule has 132 valence electrons. The lowest BCUT2D eigenvalue weighted by atomic mass is 10.2. The van der Waals surface area contributed by atoms with E-state index in [9.17, 15) is 13.2 Å². The average Bonchev–Trinajstić information content (AvgIpc) is 2.99. The van der Waals surface area contributed by atoms with E-state index >= 15 is 0 Å². The molecule has 0 fully saturated rings. The van der Waals surface area contributed by atoms with E-state index in [2.05, 4.69) is 20.6 Å². The number of nitrogens with one attached hydrogen (secondary N) is 2. The third-order valence-electron chi connectivity index (χ3n) is 3.03. The van der Waals surface area contributed by atoms with Crippen molar-refractivity contribution in [1.82, 2.24) is 20.2 Å². The number of rotatable bonds is 6. The summed E-state index contributed by atoms with van der Waals surface area (Å²) in [4.78, 5) is 8.19. The zero-order valence-corrected chi connectivity index (χ0v) is 15.4. The molecule has 0 atom stereocenters. The molecule has 1 heterocycles. The van der Waals surface area contributed by atoms with Gasteiger partial charge in [0.05, 0.1) is 13.1 Å². The largest absolute Gasteiger partial charge is 0.357 e. The minimum Gasteiger partial charge on any atom is -0.357 e. The van der Waals surface area contributed by atoms with Gasteiger partial charge >= 0.3 is 6.55 Å². The van der Waals surface area contributed by atoms with Crippen LogP contribution in [0, 0.1) is 5.82 Å². The molecule has 0 saturated heterocycles. The van der Waals surface area contributed by atoms with Crippen molar-refractivity contribution in [1.29, 1.82) is 0 Å². The Hall–Kier alpha value is -1.78. The van der Waals surface area contributed by atoms with Crippen LogP contribution in [0.1, 0.15) is 24.9 Å². The summed E-state index contributed by atoms with van der Waals surface area (Å²) in [5.74, 6) is 0.326. The van der Waals surface area contributed by atoms with Gasteiger partial charge in [0, 0.05) is 18.9 Å². The Labute approximate surface area is 155 Å². The van der Waals surface area contributed by atoms with Crippen molar-refractivity contribution in [3.05, 3.63) is 53.9 Å². The number of imidazole rings is 1. The van der Waals surface area contributed by atoms with Crippen molar-refractivity contribution in [2.24, 2.45) is 4.99 Å². The molecule has 0 radical (unpaired) electrons. The predicted molar refractivity (Wildman–Crippen MR) is 97.0 cm³/mol. The standard InChI is InChI=1S/C15H18F3N5.HI/c1-2-19-15(21-9-11-4-3-5-12(16)8-11)22-10-13-20-6-7-23(13)14(17)18;/h3-8,14H,2,9-10H2,1H3,(H2,19,21,22);1H. The van der Waals surface area contributed by atoms with Crippen LogP contribution in [0.25, 0.3) is 0 Å². The highest BCUT2D eigenvalue weighted by Gasteiger charge is 2.11. The molecule has 0 amide bonds. The molecule has 0 aliphatic rings. The summed E-state index contributed by atoms with van der Waals surface area (Å²) in [6.45, 7) is 0.238. The van der Waals surface area contributed by atoms with Crippen molar-refractivity contribution >= 4 is 29.9 Å². The second-order valence-corrected chi connectivity index (χ2v) is 4.71. The summed E-state index contributed by atoms with van der Waals surface area (Å²) in [5.41, 5.74) is 0.719. The van der Waals surface area contributed by atoms with Gasteiger partial charge in [0.2, 0.25) is 0 Å². The molecule has 2 aromatic rings. The van der Waals surface area contributed by atoms with Crippen LogP contribution >= 0.6 is 24.0 Å². The van der Waals surface area contributed by atoms with Gasteiger partial charge in [-0.25, -0.2) is 14.4 Å². The molecule has 0 unspecified atom stereocenters. The molecule has 24 heavy (non-hydrogen) atoms. The molecule has 0 saturated carbocycles. The minimum atomic E-state index is -2.64. The molecule has 0 aliphatic heterocycles. The van der Waals surface area contributed by atoms with E-state index in [4.69, 9.17) is 0 Å². The summed E-state index contributed by atoms with van der Waals surface area (Å²) < 4.78 is 39.4. The van der Waals surface area contributed by atoms with Crippen molar-refractivity contribution < 1.29 is 13.2 Å². The van der Waals surface area contributed by atoms with Crippen LogP contribution in [0.15, 0.2) is 41.7 Å². The minimum absolute atomic E-state index is 0. The Kier molecular flexibility index (Phi) is 8.58. The lowest BCUT2D eigenvalue weighted by Gasteiger charge is -2.12. The van der Waals surface area contributed by atoms with E-state index in [1.165, 1.54) is 24.5 Å². The topological polar surface area (TPSA) is 54.2 Å². The van der Waals surface area contributed by atoms with Crippen molar-refractivity contribution in [2.45, 2.75) is 26.6 Å². The fourth-order valence-corrected chi connectivity index (χ4v) is 1.97. The monoisotopic (exact) mass is 453 g/mol. The van der Waals surface area contributed by atoms with Crippen LogP contribution in [0.3, 0.4) is 0 Å². The molecule has 9 heteroatoms. The fraction of sp³-hybridized carbons (Fsp3) is 0.333. The maximum Gasteiger partial charge on any atom is 0.319 e. The predicted octanol–water partition coefficient (Wildman–Crippen LogP) is 3.29. The molecule has 0 aliphatic carbocycles. The lowest BCUT2D eigenvalue weighted by molar-refractivity contribution is 0.0668. The van der Waals surface area contributed by atoms with E-state index in [-0.39, 0.29) is 48.7 Å². The first-order chi connectivity index (χ1) is 11.1. The second-order valence-electron chi connectivity index (χ2n) is 4.71. The van der Waals surface area contributed by atoms with E-state index in [0.29, 0.717) is 12.5 Å². The van der Waals surface area contributed by atoms with Crippen LogP contribution in [0.5, 0.6) is 0 Å². The van der Waals surface area contributed by atoms with Gasteiger partial charge in [-0.2, -0.15) is 8.78 Å². The highest BCUT2D eigenvalue weighted by atomic mass is 127. The number of alkyl halides is 2. The summed E-state index contributed by atoms with van der Waals surface area (Å²) in [5, 5.41) is 5.93. The maximum atomic E-state index is 13.1. The van der Waals surface area contributed by atoms with Crippen LogP contribution in [0.4, 0.5) is 13.2 Å². The van der Waals surface area contributed by atoms with Crippen LogP contribution in [-0.4, -0.2) is 22.1 Å². The molecule has 0 spiro atoms. The number of guanidine groups is 1. The molecule has 2 N–H and O–H groups in total. The highest BCUT2D eigenvalue weighted by Crippen LogP contribution is 2.12. The quantitative estimate of drug-likeness (QED) is 0.401. The van der Waals surface area contributed by atoms with E-state index in [1.807, 2.05) is 6.92 Å². The smallest absolute Gasteiger partial charge is 0.319 e. The van der Waals surface area contributed by atoms with Gasteiger partial charge in [0.15, 0.2) is 5.96 Å². The third-order valence-corrected chi connectivity index (χ3v) is 3.03. The normalized spacial score (nSPS) is 11.3. The van der Waals surface area contributed by atoms with E-state index < -0.39 is 6.55 Å². The fourth-order valence-electron chi connectivity index (χ4n) is 1.97. The Morgan fingerprint density at radius 1 is 1.33 bits per heavy atom. The molecule has 0 bridgehead atoms. The van der Waals surface area contributed by atoms with Gasteiger partial charge in [-0.15, -0.1) is 24.0 Å². The van der Waals surface area contributed by atoms with Crippen LogP contribution in [-0.2, 0) is 13.1 Å². The Morgan fingerprint density at radius 3 is 2.79 bits per heavy atom. The van der Waals surface area contributed by atoms with Gasteiger partial charge in [-0.05, 0) is 24.6 Å². The molecule has 5 nitrogen and oxygen atoms in total. The number of aromatic nitrogens is 2. The second kappa shape index (κ2) is 10.2. The number of benzene rings is 1. The van der Waals surface area contributed by atoms with Gasteiger partial charge < -0.3 is 10.6 Å². The van der Waals surface area contributed by atoms with Crippen LogP contribution in [0.2, 0.25) is 0 Å². The van der Waals surface area contributed by atoms with E-state index in [1.54, 1.807) is 12.1 Å². The number of nitrogens with zero attached hydrogens (tertiary/aromatic N) is 3. The summed E-state index contributed by atoms with van der Waals surface area (Å²) >= 11 is 0. The molecule has 1 aromatic carbocycles. The maximum absolute atomic E-state index is 13.1. The van der Waals surface area contributed by atoms with Crippen molar-refractivity contribution in [3.63, 3.8) is 0 Å². The molecular formula is C15H19F3IN5. The average molecular weight is 453 g/mol. The zero-order chi connectivity index (χ0) is 16.7. The lowest BCUT2D eigenvalue weighted by Crippen LogP contribution is -2.37. The van der Waals surface area contributed by atoms with Crippen molar-refractivity contribution in [2.75, 3.05) is 6.54 Å². The SMILES string of the molecule is CCNC(=NCc1cccc(F)c1)NCc1nccn1C(F)F.I. The number of hydrogen-bond acceptors (Lipinski definition) is 2. The third kappa shape index (κ3) is 6.02. The first-order valence-electron chi connectivity index (χ1n) is 7.16. The first-order valence-corrected chi connectivity index (χ1v) is 7.16. The Morgan fingerprint density at radius 2 is 2.12 bits per heavy atom. The van der Waals surface area contributed by atoms with Gasteiger partial charge in [0.25, 0.3) is 0 Å². The van der Waals surface area contributed by atoms with Gasteiger partial charge in [0.1, 0.15) is 11.6 Å². The number of aliphatic imine (C=N–C) groups is 1. The van der Waals surface area contributed by atoms with Crippen molar-refractivity contribution in [3.8, 4) is 0 Å². The first kappa shape index (κ1) is 20.3. The Balaban J connectivity index is 0.00000288. The molecule has 1 aromatic heterocycles. The summed E-state index contributed by atoms with van der Waals surface area (Å²) in [6.07, 6.45) is 2.54. The number of halogens is 4. The van der Waals surface area contributed by atoms with Gasteiger partial charge in [-0.3, -0.25) is 4.57 Å². The summed E-state index contributed by atoms with van der Waals surface area (Å²) in [6, 6.07) is 6.14. The Bertz CT molecular complexity index is 660. The zero-order valence-electron chi connectivity index (χ0n) is 13.0.